The zero-order valence-corrected chi connectivity index (χ0v) is 13.3. The molecule has 0 N–H and O–H groups in total. The van der Waals surface area contributed by atoms with Crippen molar-refractivity contribution in [2.75, 3.05) is 11.9 Å². The van der Waals surface area contributed by atoms with Gasteiger partial charge in [0.15, 0.2) is 5.70 Å². The number of thiophene rings is 1. The number of nitrogens with zero attached hydrogens (tertiary/aromatic N) is 3. The van der Waals surface area contributed by atoms with Crippen molar-refractivity contribution in [3.63, 3.8) is 0 Å². The fraction of sp³-hybridized carbons (Fsp3) is 0.125. The summed E-state index contributed by atoms with van der Waals surface area (Å²) in [7, 11) is 1.65. The molecular formula is C16H13N3O3S. The minimum Gasteiger partial charge on any atom is -0.401 e. The number of hydrogen-bond donors (Lipinski definition) is 0. The minimum atomic E-state index is -0.488. The highest BCUT2D eigenvalue weighted by Gasteiger charge is 2.24. The van der Waals surface area contributed by atoms with Crippen LogP contribution in [-0.2, 0) is 14.3 Å². The number of carbonyl (C=O) groups is 2. The molecule has 0 saturated heterocycles. The molecule has 0 saturated carbocycles. The van der Waals surface area contributed by atoms with Gasteiger partial charge in [0.25, 0.3) is 0 Å². The van der Waals surface area contributed by atoms with Crippen molar-refractivity contribution >= 4 is 41.0 Å². The maximum Gasteiger partial charge on any atom is 0.363 e. The topological polar surface area (TPSA) is 71.9 Å². The van der Waals surface area contributed by atoms with Crippen molar-refractivity contribution in [1.82, 2.24) is 4.98 Å². The van der Waals surface area contributed by atoms with E-state index >= 15 is 0 Å². The first-order chi connectivity index (χ1) is 11.0. The Morgan fingerprint density at radius 1 is 1.35 bits per heavy atom. The molecule has 0 bridgehead atoms. The number of aromatic nitrogens is 1. The fourth-order valence-corrected chi connectivity index (χ4v) is 2.56. The molecule has 3 rings (SSSR count). The Labute approximate surface area is 136 Å². The van der Waals surface area contributed by atoms with Crippen LogP contribution < -0.4 is 4.90 Å². The predicted molar refractivity (Wildman–Crippen MR) is 88.2 cm³/mol. The fourth-order valence-electron chi connectivity index (χ4n) is 1.92. The van der Waals surface area contributed by atoms with Gasteiger partial charge in [-0.1, -0.05) is 6.07 Å². The quantitative estimate of drug-likeness (QED) is 0.641. The highest BCUT2D eigenvalue weighted by atomic mass is 32.1. The average molecular weight is 327 g/mol. The Morgan fingerprint density at radius 3 is 2.78 bits per heavy atom. The molecule has 3 heterocycles. The summed E-state index contributed by atoms with van der Waals surface area (Å²) in [5.74, 6) is 0.264. The number of aliphatic imine (C=N–C) groups is 1. The molecule has 0 radical (unpaired) electrons. The third-order valence-electron chi connectivity index (χ3n) is 3.24. The molecule has 0 spiro atoms. The molecule has 116 valence electrons. The number of pyridine rings is 1. The van der Waals surface area contributed by atoms with Crippen LogP contribution >= 0.6 is 11.3 Å². The summed E-state index contributed by atoms with van der Waals surface area (Å²) in [5, 5.41) is 1.89. The SMILES string of the molecule is CC(=O)N(C)c1ccc(C=C2N=C(c3cccs3)OC2=O)cn1. The molecular weight excluding hydrogens is 314 g/mol. The first kappa shape index (κ1) is 15.1. The number of hydrogen-bond acceptors (Lipinski definition) is 6. The summed E-state index contributed by atoms with van der Waals surface area (Å²) in [6.07, 6.45) is 3.18. The van der Waals surface area contributed by atoms with Gasteiger partial charge in [-0.3, -0.25) is 4.79 Å². The number of anilines is 1. The van der Waals surface area contributed by atoms with E-state index in [2.05, 4.69) is 9.98 Å². The normalized spacial score (nSPS) is 15.5. The van der Waals surface area contributed by atoms with Gasteiger partial charge < -0.3 is 9.64 Å². The Balaban J connectivity index is 1.84. The van der Waals surface area contributed by atoms with E-state index in [1.165, 1.54) is 23.2 Å². The van der Waals surface area contributed by atoms with Crippen molar-refractivity contribution < 1.29 is 14.3 Å². The molecule has 0 atom stereocenters. The molecule has 2 aromatic rings. The summed E-state index contributed by atoms with van der Waals surface area (Å²) < 4.78 is 5.16. The lowest BCUT2D eigenvalue weighted by Gasteiger charge is -2.13. The Kier molecular flexibility index (Phi) is 4.03. The Morgan fingerprint density at radius 2 is 2.17 bits per heavy atom. The first-order valence-corrected chi connectivity index (χ1v) is 7.69. The molecule has 7 heteroatoms. The smallest absolute Gasteiger partial charge is 0.363 e. The Hall–Kier alpha value is -2.80. The Bertz CT molecular complexity index is 808. The summed E-state index contributed by atoms with van der Waals surface area (Å²) in [5.41, 5.74) is 0.928. The van der Waals surface area contributed by atoms with Gasteiger partial charge in [0.05, 0.1) is 4.88 Å². The highest BCUT2D eigenvalue weighted by Crippen LogP contribution is 2.21. The zero-order valence-electron chi connectivity index (χ0n) is 12.5. The maximum absolute atomic E-state index is 11.9. The largest absolute Gasteiger partial charge is 0.401 e. The van der Waals surface area contributed by atoms with E-state index in [1.54, 1.807) is 31.5 Å². The molecule has 2 aromatic heterocycles. The van der Waals surface area contributed by atoms with Gasteiger partial charge in [-0.2, -0.15) is 0 Å². The monoisotopic (exact) mass is 327 g/mol. The highest BCUT2D eigenvalue weighted by molar-refractivity contribution is 7.12. The lowest BCUT2D eigenvalue weighted by Crippen LogP contribution is -2.23. The molecule has 0 unspecified atom stereocenters. The predicted octanol–water partition coefficient (Wildman–Crippen LogP) is 2.47. The van der Waals surface area contributed by atoms with Crippen molar-refractivity contribution in [3.8, 4) is 0 Å². The molecule has 1 aliphatic rings. The van der Waals surface area contributed by atoms with E-state index < -0.39 is 5.97 Å². The van der Waals surface area contributed by atoms with Crippen LogP contribution in [0, 0.1) is 0 Å². The van der Waals surface area contributed by atoms with Crippen LogP contribution in [0.25, 0.3) is 6.08 Å². The third kappa shape index (κ3) is 3.19. The van der Waals surface area contributed by atoms with Crippen molar-refractivity contribution in [3.05, 3.63) is 52.0 Å². The number of ether oxygens (including phenoxy) is 1. The minimum absolute atomic E-state index is 0.104. The van der Waals surface area contributed by atoms with Crippen LogP contribution in [0.5, 0.6) is 0 Å². The second-order valence-electron chi connectivity index (χ2n) is 4.84. The lowest BCUT2D eigenvalue weighted by atomic mass is 10.2. The van der Waals surface area contributed by atoms with Gasteiger partial charge in [-0.25, -0.2) is 14.8 Å². The number of esters is 1. The van der Waals surface area contributed by atoms with E-state index in [0.29, 0.717) is 17.3 Å². The molecule has 0 fully saturated rings. The molecule has 23 heavy (non-hydrogen) atoms. The van der Waals surface area contributed by atoms with Crippen LogP contribution in [0.1, 0.15) is 17.4 Å². The van der Waals surface area contributed by atoms with E-state index in [0.717, 1.165) is 4.88 Å². The van der Waals surface area contributed by atoms with E-state index in [1.807, 2.05) is 17.5 Å². The lowest BCUT2D eigenvalue weighted by molar-refractivity contribution is -0.129. The van der Waals surface area contributed by atoms with Crippen LogP contribution in [-0.4, -0.2) is 29.8 Å². The number of amides is 1. The van der Waals surface area contributed by atoms with Gasteiger partial charge >= 0.3 is 5.97 Å². The van der Waals surface area contributed by atoms with Crippen molar-refractivity contribution in [2.45, 2.75) is 6.92 Å². The van der Waals surface area contributed by atoms with E-state index in [4.69, 9.17) is 4.74 Å². The molecule has 1 amide bonds. The number of carbonyl (C=O) groups excluding carboxylic acids is 2. The van der Waals surface area contributed by atoms with E-state index in [-0.39, 0.29) is 11.6 Å². The van der Waals surface area contributed by atoms with Crippen LogP contribution in [0.2, 0.25) is 0 Å². The van der Waals surface area contributed by atoms with Crippen LogP contribution in [0.4, 0.5) is 5.82 Å². The number of cyclic esters (lactones) is 1. The second kappa shape index (κ2) is 6.13. The van der Waals surface area contributed by atoms with Crippen molar-refractivity contribution in [2.24, 2.45) is 4.99 Å². The van der Waals surface area contributed by atoms with Gasteiger partial charge in [-0.05, 0) is 35.2 Å². The van der Waals surface area contributed by atoms with Gasteiger partial charge in [-0.15, -0.1) is 11.3 Å². The number of rotatable bonds is 3. The standard InChI is InChI=1S/C16H13N3O3S/c1-10(20)19(2)14-6-5-11(9-17-14)8-12-16(21)22-15(18-12)13-4-3-7-23-13/h3-9H,1-2H3. The zero-order chi connectivity index (χ0) is 16.4. The third-order valence-corrected chi connectivity index (χ3v) is 4.10. The van der Waals surface area contributed by atoms with Gasteiger partial charge in [0.2, 0.25) is 11.8 Å². The summed E-state index contributed by atoms with van der Waals surface area (Å²) in [6, 6.07) is 7.18. The van der Waals surface area contributed by atoms with Crippen molar-refractivity contribution in [1.29, 1.82) is 0 Å². The van der Waals surface area contributed by atoms with Crippen LogP contribution in [0.3, 0.4) is 0 Å². The summed E-state index contributed by atoms with van der Waals surface area (Å²) >= 11 is 1.45. The van der Waals surface area contributed by atoms with Crippen LogP contribution in [0.15, 0.2) is 46.5 Å². The molecule has 6 nitrogen and oxygen atoms in total. The van der Waals surface area contributed by atoms with Gasteiger partial charge in [0, 0.05) is 20.2 Å². The maximum atomic E-state index is 11.9. The first-order valence-electron chi connectivity index (χ1n) is 6.81. The summed E-state index contributed by atoms with van der Waals surface area (Å²) in [4.78, 5) is 33.8. The molecule has 1 aliphatic heterocycles. The molecule has 0 aliphatic carbocycles. The molecule has 0 aromatic carbocycles. The summed E-state index contributed by atoms with van der Waals surface area (Å²) in [6.45, 7) is 1.47. The van der Waals surface area contributed by atoms with Gasteiger partial charge in [0.1, 0.15) is 5.82 Å². The average Bonchev–Trinajstić information content (AvgIpc) is 3.18. The van der Waals surface area contributed by atoms with E-state index in [9.17, 15) is 9.59 Å². The second-order valence-corrected chi connectivity index (χ2v) is 5.79.